The molecule has 18 nitrogen and oxygen atoms in total. The summed E-state index contributed by atoms with van der Waals surface area (Å²) in [5.74, 6) is 0.971. The van der Waals surface area contributed by atoms with Gasteiger partial charge < -0.3 is 54.8 Å². The first-order valence-corrected chi connectivity index (χ1v) is 24.6. The van der Waals surface area contributed by atoms with E-state index in [1.165, 1.54) is 0 Å². The third kappa shape index (κ3) is 20.2. The summed E-state index contributed by atoms with van der Waals surface area (Å²) in [5.41, 5.74) is 1.83. The number of rotatable bonds is 32. The Bertz CT molecular complexity index is 1560. The van der Waals surface area contributed by atoms with Gasteiger partial charge in [-0.1, -0.05) is 39.3 Å². The maximum absolute atomic E-state index is 13.4. The zero-order valence-corrected chi connectivity index (χ0v) is 40.8. The number of urea groups is 1. The molecule has 0 radical (unpaired) electrons. The Balaban J connectivity index is 0.952. The van der Waals surface area contributed by atoms with Crippen LogP contribution in [0.5, 0.6) is 0 Å². The van der Waals surface area contributed by atoms with E-state index in [4.69, 9.17) is 23.7 Å². The Morgan fingerprint density at radius 2 is 1.47 bits per heavy atom. The highest BCUT2D eigenvalue weighted by Gasteiger charge is 2.42. The predicted molar refractivity (Wildman–Crippen MR) is 247 cm³/mol. The van der Waals surface area contributed by atoms with Gasteiger partial charge in [0, 0.05) is 107 Å². The van der Waals surface area contributed by atoms with Crippen LogP contribution in [-0.2, 0) is 57.5 Å². The minimum Gasteiger partial charge on any atom is -0.380 e. The number of fused-ring (bicyclic) bond motifs is 2. The van der Waals surface area contributed by atoms with Crippen molar-refractivity contribution in [1.82, 2.24) is 46.1 Å². The van der Waals surface area contributed by atoms with Gasteiger partial charge in [0.05, 0.1) is 75.8 Å². The molecule has 0 aliphatic carbocycles. The van der Waals surface area contributed by atoms with Crippen LogP contribution >= 0.6 is 11.8 Å². The van der Waals surface area contributed by atoms with E-state index in [0.29, 0.717) is 129 Å². The first-order valence-electron chi connectivity index (χ1n) is 23.5. The molecule has 1 aromatic heterocycles. The first-order chi connectivity index (χ1) is 30.6. The third-order valence-corrected chi connectivity index (χ3v) is 13.1. The third-order valence-electron chi connectivity index (χ3n) is 11.6. The topological polar surface area (TPSA) is 200 Å². The molecule has 0 bridgehead atoms. The van der Waals surface area contributed by atoms with E-state index in [1.807, 2.05) is 21.3 Å². The lowest BCUT2D eigenvalue weighted by Crippen LogP contribution is -2.42. The Morgan fingerprint density at radius 1 is 0.828 bits per heavy atom. The average Bonchev–Trinajstić information content (AvgIpc) is 3.90. The van der Waals surface area contributed by atoms with E-state index in [0.717, 1.165) is 49.4 Å². The van der Waals surface area contributed by atoms with Crippen molar-refractivity contribution < 1.29 is 42.9 Å². The Kier molecular flexibility index (Phi) is 23.6. The predicted octanol–water partition coefficient (Wildman–Crippen LogP) is 2.81. The molecule has 0 saturated carbocycles. The van der Waals surface area contributed by atoms with Crippen LogP contribution in [0.15, 0.2) is 0 Å². The van der Waals surface area contributed by atoms with E-state index in [2.05, 4.69) is 78.3 Å². The van der Waals surface area contributed by atoms with Crippen molar-refractivity contribution in [2.75, 3.05) is 113 Å². The van der Waals surface area contributed by atoms with Crippen LogP contribution in [-0.4, -0.2) is 185 Å². The summed E-state index contributed by atoms with van der Waals surface area (Å²) in [6, 6.07) is 0.395. The van der Waals surface area contributed by atoms with Crippen LogP contribution in [0, 0.1) is 10.8 Å². The minimum absolute atomic E-state index is 0.0189. The number of ether oxygens (including phenoxy) is 5. The van der Waals surface area contributed by atoms with E-state index in [1.54, 1.807) is 7.11 Å². The normalized spacial score (nSPS) is 20.1. The lowest BCUT2D eigenvalue weighted by atomic mass is 9.92. The zero-order chi connectivity index (χ0) is 46.4. The fourth-order valence-corrected chi connectivity index (χ4v) is 10.0. The summed E-state index contributed by atoms with van der Waals surface area (Å²) in [7, 11) is 5.82. The van der Waals surface area contributed by atoms with E-state index in [9.17, 15) is 19.2 Å². The fourth-order valence-electron chi connectivity index (χ4n) is 8.48. The Morgan fingerprint density at radius 3 is 2.12 bits per heavy atom. The van der Waals surface area contributed by atoms with Crippen LogP contribution in [0.1, 0.15) is 96.9 Å². The number of amides is 5. The molecule has 5 amide bonds. The van der Waals surface area contributed by atoms with Gasteiger partial charge in [-0.25, -0.2) is 9.48 Å². The Hall–Kier alpha value is -3.07. The van der Waals surface area contributed by atoms with Gasteiger partial charge in [0.1, 0.15) is 0 Å². The van der Waals surface area contributed by atoms with Crippen molar-refractivity contribution in [3.63, 3.8) is 0 Å². The van der Waals surface area contributed by atoms with E-state index < -0.39 is 0 Å². The Labute approximate surface area is 386 Å². The molecule has 4 heterocycles. The molecule has 2 saturated heterocycles. The molecular weight excluding hydrogens is 843 g/mol. The number of nitrogens with one attached hydrogen (secondary N) is 4. The van der Waals surface area contributed by atoms with Crippen molar-refractivity contribution in [3.05, 3.63) is 11.4 Å². The number of hydrogen-bond acceptors (Lipinski definition) is 13. The lowest BCUT2D eigenvalue weighted by molar-refractivity contribution is -0.133. The van der Waals surface area contributed by atoms with Gasteiger partial charge in [-0.2, -0.15) is 11.8 Å². The molecule has 0 unspecified atom stereocenters. The number of carbonyl (C=O) groups is 4. The average molecular weight is 924 g/mol. The summed E-state index contributed by atoms with van der Waals surface area (Å²) < 4.78 is 30.8. The standard InChI is InChI=1S/C45H81N9O9S/c1-44(2,30-52(5)6)32-63-33-45(3,4)31-54-37-17-20-53(28-34(59-7)27-35(37)50-51-54)41(57)16-10-15-40(56)47-19-12-22-61-24-26-62-25-23-60-21-11-18-46-39(55)14-9-8-13-38-42-36(29-64-38)48-43(58)49-42/h34,36,38,42H,8-33H2,1-7H3,(H,46,55)(H,47,56)(H2,48,49,58)/t34-,36+,38+,42+/m1/s1. The molecule has 366 valence electrons. The highest BCUT2D eigenvalue weighted by atomic mass is 32.2. The number of methoxy groups -OCH3 is 1. The number of aromatic nitrogens is 3. The van der Waals surface area contributed by atoms with Crippen LogP contribution in [0.25, 0.3) is 0 Å². The number of nitrogens with zero attached hydrogens (tertiary/aromatic N) is 5. The smallest absolute Gasteiger partial charge is 0.315 e. The van der Waals surface area contributed by atoms with Crippen molar-refractivity contribution in [1.29, 1.82) is 0 Å². The second kappa shape index (κ2) is 28.2. The zero-order valence-electron chi connectivity index (χ0n) is 40.0. The summed E-state index contributed by atoms with van der Waals surface area (Å²) in [5, 5.41) is 21.3. The summed E-state index contributed by atoms with van der Waals surface area (Å²) in [6.07, 6.45) is 6.86. The molecule has 2 fully saturated rings. The monoisotopic (exact) mass is 924 g/mol. The molecule has 4 rings (SSSR count). The maximum atomic E-state index is 13.4. The summed E-state index contributed by atoms with van der Waals surface area (Å²) >= 11 is 1.90. The SMILES string of the molecule is CO[C@@H]1Cc2nnn(CC(C)(C)COCC(C)(C)CN(C)C)c2CCN(C(=O)CCCC(=O)NCCCOCCOCCOCCCNC(=O)CCCC[C@@H]2SC[C@@H]3NC(=O)N[C@@H]32)C1. The minimum atomic E-state index is -0.196. The summed E-state index contributed by atoms with van der Waals surface area (Å²) in [6.45, 7) is 16.7. The van der Waals surface area contributed by atoms with Crippen LogP contribution in [0.3, 0.4) is 0 Å². The summed E-state index contributed by atoms with van der Waals surface area (Å²) in [4.78, 5) is 53.6. The second-order valence-corrected chi connectivity index (χ2v) is 20.6. The van der Waals surface area contributed by atoms with Gasteiger partial charge in [0.25, 0.3) is 0 Å². The van der Waals surface area contributed by atoms with Crippen molar-refractivity contribution in [3.8, 4) is 0 Å². The molecule has 64 heavy (non-hydrogen) atoms. The molecule has 3 aliphatic rings. The fraction of sp³-hybridized carbons (Fsp3) is 0.867. The van der Waals surface area contributed by atoms with Gasteiger partial charge in [-0.15, -0.1) is 5.10 Å². The van der Waals surface area contributed by atoms with Gasteiger partial charge in [-0.05, 0) is 46.2 Å². The second-order valence-electron chi connectivity index (χ2n) is 19.3. The quantitative estimate of drug-likeness (QED) is 0.0609. The van der Waals surface area contributed by atoms with Crippen molar-refractivity contribution in [2.24, 2.45) is 10.8 Å². The maximum Gasteiger partial charge on any atom is 0.315 e. The molecule has 1 aromatic rings. The number of thioether (sulfide) groups is 1. The van der Waals surface area contributed by atoms with Crippen LogP contribution < -0.4 is 21.3 Å². The first kappa shape index (κ1) is 53.5. The number of hydrogen-bond donors (Lipinski definition) is 4. The van der Waals surface area contributed by atoms with E-state index >= 15 is 0 Å². The van der Waals surface area contributed by atoms with Gasteiger partial charge in [0.15, 0.2) is 0 Å². The molecule has 0 spiro atoms. The highest BCUT2D eigenvalue weighted by Crippen LogP contribution is 2.33. The molecule has 0 aromatic carbocycles. The largest absolute Gasteiger partial charge is 0.380 e. The highest BCUT2D eigenvalue weighted by molar-refractivity contribution is 8.00. The van der Waals surface area contributed by atoms with Crippen LogP contribution in [0.4, 0.5) is 4.79 Å². The van der Waals surface area contributed by atoms with Crippen molar-refractivity contribution in [2.45, 2.75) is 128 Å². The molecule has 3 aliphatic heterocycles. The lowest BCUT2D eigenvalue weighted by Gasteiger charge is -2.31. The van der Waals surface area contributed by atoms with Crippen molar-refractivity contribution >= 4 is 35.5 Å². The van der Waals surface area contributed by atoms with Gasteiger partial charge >= 0.3 is 6.03 Å². The van der Waals surface area contributed by atoms with Gasteiger partial charge in [0.2, 0.25) is 17.7 Å². The van der Waals surface area contributed by atoms with E-state index in [-0.39, 0.29) is 59.2 Å². The molecule has 4 atom stereocenters. The number of carbonyl (C=O) groups excluding carboxylic acids is 4. The van der Waals surface area contributed by atoms with Gasteiger partial charge in [-0.3, -0.25) is 14.4 Å². The molecule has 19 heteroatoms. The molecule has 4 N–H and O–H groups in total. The number of unbranched alkanes of at least 4 members (excludes halogenated alkanes) is 1. The molecular formula is C45H81N9O9S. The van der Waals surface area contributed by atoms with Crippen LogP contribution in [0.2, 0.25) is 0 Å².